The number of hydrogen-bond acceptors (Lipinski definition) is 4. The molecule has 0 aliphatic heterocycles. The van der Waals surface area contributed by atoms with E-state index in [1.165, 1.54) is 12.8 Å². The third kappa shape index (κ3) is 6.37. The number of hydrazine groups is 1. The van der Waals surface area contributed by atoms with Crippen LogP contribution in [0.2, 0.25) is 0 Å². The Labute approximate surface area is 143 Å². The summed E-state index contributed by atoms with van der Waals surface area (Å²) in [5.74, 6) is -0.0299. The molecule has 0 saturated heterocycles. The summed E-state index contributed by atoms with van der Waals surface area (Å²) in [5.41, 5.74) is 4.66. The molecule has 0 bridgehead atoms. The van der Waals surface area contributed by atoms with Crippen LogP contribution in [-0.2, 0) is 14.3 Å². The molecule has 7 nitrogen and oxygen atoms in total. The molecule has 2 aliphatic carbocycles. The summed E-state index contributed by atoms with van der Waals surface area (Å²) < 4.78 is 4.94. The van der Waals surface area contributed by atoms with Gasteiger partial charge in [-0.1, -0.05) is 38.5 Å². The Balaban J connectivity index is 1.51. The monoisotopic (exact) mass is 339 g/mol. The zero-order valence-electron chi connectivity index (χ0n) is 14.3. The summed E-state index contributed by atoms with van der Waals surface area (Å²) in [4.78, 5) is 35.3. The van der Waals surface area contributed by atoms with Gasteiger partial charge in [0.1, 0.15) is 6.61 Å². The maximum atomic E-state index is 11.9. The van der Waals surface area contributed by atoms with Crippen molar-refractivity contribution in [3.05, 3.63) is 0 Å². The molecule has 24 heavy (non-hydrogen) atoms. The molecule has 3 N–H and O–H groups in total. The van der Waals surface area contributed by atoms with Crippen molar-refractivity contribution in [2.24, 2.45) is 11.8 Å². The molecule has 2 fully saturated rings. The molecule has 136 valence electrons. The van der Waals surface area contributed by atoms with Crippen molar-refractivity contribution in [2.75, 3.05) is 13.2 Å². The molecule has 0 atom stereocenters. The number of ether oxygens (including phenoxy) is 1. The van der Waals surface area contributed by atoms with Gasteiger partial charge in [-0.25, -0.2) is 10.2 Å². The lowest BCUT2D eigenvalue weighted by molar-refractivity contribution is -0.127. The highest BCUT2D eigenvalue weighted by atomic mass is 16.6. The van der Waals surface area contributed by atoms with Crippen molar-refractivity contribution < 1.29 is 19.1 Å². The van der Waals surface area contributed by atoms with Gasteiger partial charge in [0.2, 0.25) is 11.8 Å². The third-order valence-electron chi connectivity index (χ3n) is 4.87. The van der Waals surface area contributed by atoms with Crippen LogP contribution in [0.5, 0.6) is 0 Å². The topological polar surface area (TPSA) is 96.5 Å². The van der Waals surface area contributed by atoms with E-state index < -0.39 is 6.09 Å². The Morgan fingerprint density at radius 1 is 0.750 bits per heavy atom. The fraction of sp³-hybridized carbons (Fsp3) is 0.824. The van der Waals surface area contributed by atoms with E-state index in [1.54, 1.807) is 0 Å². The highest BCUT2D eigenvalue weighted by molar-refractivity contribution is 5.81. The highest BCUT2D eigenvalue weighted by Gasteiger charge is 2.22. The molecule has 3 amide bonds. The number of hydrogen-bond donors (Lipinski definition) is 3. The largest absolute Gasteiger partial charge is 0.446 e. The fourth-order valence-electron chi connectivity index (χ4n) is 3.44. The molecule has 2 rings (SSSR count). The van der Waals surface area contributed by atoms with Crippen molar-refractivity contribution in [2.45, 2.75) is 64.2 Å². The molecule has 0 heterocycles. The minimum absolute atomic E-state index is 0.0196. The average molecular weight is 339 g/mol. The molecule has 0 aromatic carbocycles. The minimum atomic E-state index is -0.703. The van der Waals surface area contributed by atoms with Crippen LogP contribution in [0.1, 0.15) is 64.2 Å². The number of amides is 3. The number of carbonyl (C=O) groups excluding carboxylic acids is 3. The molecule has 2 saturated carbocycles. The van der Waals surface area contributed by atoms with Gasteiger partial charge >= 0.3 is 6.09 Å². The van der Waals surface area contributed by atoms with E-state index in [1.807, 2.05) is 0 Å². The summed E-state index contributed by atoms with van der Waals surface area (Å²) in [7, 11) is 0. The van der Waals surface area contributed by atoms with Crippen LogP contribution in [0.4, 0.5) is 4.79 Å². The predicted octanol–water partition coefficient (Wildman–Crippen LogP) is 2.02. The van der Waals surface area contributed by atoms with E-state index in [2.05, 4.69) is 16.2 Å². The Kier molecular flexibility index (Phi) is 7.85. The van der Waals surface area contributed by atoms with Crippen LogP contribution in [0.25, 0.3) is 0 Å². The smallest absolute Gasteiger partial charge is 0.426 e. The SMILES string of the molecule is O=C(NNC(=O)C1CCCCC1)OCCNC(=O)C1CCCCC1. The van der Waals surface area contributed by atoms with Crippen LogP contribution in [0.3, 0.4) is 0 Å². The van der Waals surface area contributed by atoms with E-state index in [4.69, 9.17) is 4.74 Å². The fourth-order valence-corrected chi connectivity index (χ4v) is 3.44. The molecule has 2 aliphatic rings. The predicted molar refractivity (Wildman–Crippen MR) is 88.8 cm³/mol. The first-order chi connectivity index (χ1) is 11.7. The molecule has 0 radical (unpaired) electrons. The summed E-state index contributed by atoms with van der Waals surface area (Å²) in [5, 5.41) is 2.79. The van der Waals surface area contributed by atoms with Crippen LogP contribution >= 0.6 is 0 Å². The first-order valence-electron chi connectivity index (χ1n) is 9.17. The Hall–Kier alpha value is -1.79. The molecule has 0 spiro atoms. The molecular weight excluding hydrogens is 310 g/mol. The number of carbonyl (C=O) groups is 3. The number of rotatable bonds is 5. The van der Waals surface area contributed by atoms with Gasteiger partial charge in [-0.2, -0.15) is 0 Å². The highest BCUT2D eigenvalue weighted by Crippen LogP contribution is 2.24. The minimum Gasteiger partial charge on any atom is -0.446 e. The summed E-state index contributed by atoms with van der Waals surface area (Å²) >= 11 is 0. The standard InChI is InChI=1S/C17H29N3O4/c21-15(13-7-3-1-4-8-13)18-11-12-24-17(23)20-19-16(22)14-9-5-2-6-10-14/h13-14H,1-12H2,(H,18,21)(H,19,22)(H,20,23). The van der Waals surface area contributed by atoms with Crippen molar-refractivity contribution in [1.29, 1.82) is 0 Å². The average Bonchev–Trinajstić information content (AvgIpc) is 2.64. The van der Waals surface area contributed by atoms with Gasteiger partial charge in [0, 0.05) is 11.8 Å². The van der Waals surface area contributed by atoms with Crippen LogP contribution in [0.15, 0.2) is 0 Å². The molecule has 0 unspecified atom stereocenters. The van der Waals surface area contributed by atoms with Gasteiger partial charge in [-0.05, 0) is 25.7 Å². The maximum absolute atomic E-state index is 11.9. The quantitative estimate of drug-likeness (QED) is 0.527. The van der Waals surface area contributed by atoms with Gasteiger partial charge in [0.05, 0.1) is 6.54 Å². The summed E-state index contributed by atoms with van der Waals surface area (Å²) in [6.45, 7) is 0.378. The summed E-state index contributed by atoms with van der Waals surface area (Å²) in [6, 6.07) is 0. The Bertz CT molecular complexity index is 430. The molecule has 7 heteroatoms. The van der Waals surface area contributed by atoms with E-state index in [-0.39, 0.29) is 30.3 Å². The lowest BCUT2D eigenvalue weighted by Gasteiger charge is -2.21. The van der Waals surface area contributed by atoms with Crippen molar-refractivity contribution in [3.63, 3.8) is 0 Å². The Morgan fingerprint density at radius 2 is 1.29 bits per heavy atom. The zero-order valence-corrected chi connectivity index (χ0v) is 14.3. The maximum Gasteiger partial charge on any atom is 0.426 e. The lowest BCUT2D eigenvalue weighted by atomic mass is 9.89. The Morgan fingerprint density at radius 3 is 1.88 bits per heavy atom. The van der Waals surface area contributed by atoms with Gasteiger partial charge in [-0.15, -0.1) is 0 Å². The van der Waals surface area contributed by atoms with Crippen LogP contribution in [-0.4, -0.2) is 31.1 Å². The first kappa shape index (κ1) is 18.5. The van der Waals surface area contributed by atoms with Gasteiger partial charge in [0.25, 0.3) is 0 Å². The van der Waals surface area contributed by atoms with E-state index >= 15 is 0 Å². The van der Waals surface area contributed by atoms with Gasteiger partial charge in [0.15, 0.2) is 0 Å². The second-order valence-corrected chi connectivity index (χ2v) is 6.71. The van der Waals surface area contributed by atoms with Crippen LogP contribution in [0, 0.1) is 11.8 Å². The van der Waals surface area contributed by atoms with Crippen molar-refractivity contribution >= 4 is 17.9 Å². The van der Waals surface area contributed by atoms with Crippen LogP contribution < -0.4 is 16.2 Å². The zero-order chi connectivity index (χ0) is 17.2. The lowest BCUT2D eigenvalue weighted by Crippen LogP contribution is -2.45. The van der Waals surface area contributed by atoms with Gasteiger partial charge < -0.3 is 10.1 Å². The molecule has 0 aromatic heterocycles. The van der Waals surface area contributed by atoms with E-state index in [9.17, 15) is 14.4 Å². The summed E-state index contributed by atoms with van der Waals surface area (Å²) in [6.07, 6.45) is 9.64. The second-order valence-electron chi connectivity index (χ2n) is 6.71. The number of nitrogens with one attached hydrogen (secondary N) is 3. The van der Waals surface area contributed by atoms with Crippen molar-refractivity contribution in [3.8, 4) is 0 Å². The third-order valence-corrected chi connectivity index (χ3v) is 4.87. The van der Waals surface area contributed by atoms with E-state index in [0.717, 1.165) is 51.4 Å². The van der Waals surface area contributed by atoms with Gasteiger partial charge in [-0.3, -0.25) is 15.0 Å². The molecule has 0 aromatic rings. The van der Waals surface area contributed by atoms with E-state index in [0.29, 0.717) is 6.54 Å². The normalized spacial score (nSPS) is 19.3. The second kappa shape index (κ2) is 10.2. The molecular formula is C17H29N3O4. The first-order valence-corrected chi connectivity index (χ1v) is 9.17. The van der Waals surface area contributed by atoms with Crippen molar-refractivity contribution in [1.82, 2.24) is 16.2 Å².